The van der Waals surface area contributed by atoms with Gasteiger partial charge in [0, 0.05) is 48.7 Å². The Morgan fingerprint density at radius 1 is 1.05 bits per heavy atom. The standard InChI is InChI=1S/C32H38N8O3/c1-6-18-34-30-25(21-35-32(38-30)37-26-16-14-24(15-17-26)29(33)42)13-12-23-9-7-10-27(20-23)36-31(43)22(2)40(5)28(41)11-8-19-39(3)4/h7-11,14-17,20-22H,6,18-19H2,1-5H3,(H2,33,42)(H,36,43)(H2,34,35,37,38)/b11-8+/t22-/m0/s1. The van der Waals surface area contributed by atoms with Crippen LogP contribution in [0.3, 0.4) is 0 Å². The van der Waals surface area contributed by atoms with Crippen LogP contribution in [0.2, 0.25) is 0 Å². The van der Waals surface area contributed by atoms with Crippen LogP contribution in [0.15, 0.2) is 66.9 Å². The fraction of sp³-hybridized carbons (Fsp3) is 0.281. The van der Waals surface area contributed by atoms with Gasteiger partial charge < -0.3 is 31.5 Å². The van der Waals surface area contributed by atoms with Gasteiger partial charge in [0.15, 0.2) is 0 Å². The van der Waals surface area contributed by atoms with E-state index in [0.717, 1.165) is 6.42 Å². The van der Waals surface area contributed by atoms with Crippen molar-refractivity contribution >= 4 is 40.9 Å². The molecule has 43 heavy (non-hydrogen) atoms. The lowest BCUT2D eigenvalue weighted by Gasteiger charge is -2.23. The normalized spacial score (nSPS) is 11.4. The third kappa shape index (κ3) is 9.98. The minimum atomic E-state index is -0.677. The van der Waals surface area contributed by atoms with Crippen LogP contribution in [0, 0.1) is 11.8 Å². The number of nitrogens with zero attached hydrogens (tertiary/aromatic N) is 4. The van der Waals surface area contributed by atoms with E-state index >= 15 is 0 Å². The molecule has 0 bridgehead atoms. The van der Waals surface area contributed by atoms with E-state index in [0.29, 0.717) is 52.9 Å². The predicted octanol–water partition coefficient (Wildman–Crippen LogP) is 3.44. The maximum atomic E-state index is 12.9. The Kier molecular flexibility index (Phi) is 11.8. The van der Waals surface area contributed by atoms with E-state index in [9.17, 15) is 14.4 Å². The number of hydrogen-bond donors (Lipinski definition) is 4. The molecule has 0 saturated carbocycles. The average molecular weight is 583 g/mol. The number of benzene rings is 2. The molecule has 3 rings (SSSR count). The van der Waals surface area contributed by atoms with Crippen LogP contribution in [-0.2, 0) is 9.59 Å². The summed E-state index contributed by atoms with van der Waals surface area (Å²) < 4.78 is 0. The summed E-state index contributed by atoms with van der Waals surface area (Å²) in [4.78, 5) is 48.9. The van der Waals surface area contributed by atoms with Gasteiger partial charge in [-0.3, -0.25) is 14.4 Å². The van der Waals surface area contributed by atoms with E-state index in [2.05, 4.69) is 44.7 Å². The molecule has 3 aromatic rings. The Bertz CT molecular complexity index is 1520. The summed E-state index contributed by atoms with van der Waals surface area (Å²) >= 11 is 0. The predicted molar refractivity (Wildman–Crippen MR) is 170 cm³/mol. The molecule has 11 nitrogen and oxygen atoms in total. The minimum absolute atomic E-state index is 0.249. The third-order valence-corrected chi connectivity index (χ3v) is 6.27. The molecule has 0 radical (unpaired) electrons. The summed E-state index contributed by atoms with van der Waals surface area (Å²) in [6.45, 7) is 5.05. The van der Waals surface area contributed by atoms with Crippen molar-refractivity contribution in [1.82, 2.24) is 19.8 Å². The molecule has 2 aromatic carbocycles. The molecule has 5 N–H and O–H groups in total. The number of amides is 3. The molecule has 1 heterocycles. The molecule has 224 valence electrons. The molecule has 1 atom stereocenters. The van der Waals surface area contributed by atoms with Gasteiger partial charge in [-0.2, -0.15) is 4.98 Å². The fourth-order valence-corrected chi connectivity index (χ4v) is 3.67. The maximum Gasteiger partial charge on any atom is 0.248 e. The summed E-state index contributed by atoms with van der Waals surface area (Å²) in [5.74, 6) is 6.12. The van der Waals surface area contributed by atoms with E-state index in [1.807, 2.05) is 25.1 Å². The van der Waals surface area contributed by atoms with Crippen LogP contribution >= 0.6 is 0 Å². The van der Waals surface area contributed by atoms with Gasteiger partial charge in [0.2, 0.25) is 23.7 Å². The van der Waals surface area contributed by atoms with Crippen LogP contribution in [0.25, 0.3) is 0 Å². The summed E-state index contributed by atoms with van der Waals surface area (Å²) in [7, 11) is 5.42. The third-order valence-electron chi connectivity index (χ3n) is 6.27. The van der Waals surface area contributed by atoms with Gasteiger partial charge >= 0.3 is 0 Å². The van der Waals surface area contributed by atoms with E-state index < -0.39 is 11.9 Å². The van der Waals surface area contributed by atoms with Crippen molar-refractivity contribution in [2.75, 3.05) is 50.2 Å². The second kappa shape index (κ2) is 15.7. The second-order valence-electron chi connectivity index (χ2n) is 10.1. The summed E-state index contributed by atoms with van der Waals surface area (Å²) in [6, 6.07) is 13.2. The quantitative estimate of drug-likeness (QED) is 0.188. The summed E-state index contributed by atoms with van der Waals surface area (Å²) in [5, 5.41) is 9.27. The Morgan fingerprint density at radius 3 is 2.47 bits per heavy atom. The highest BCUT2D eigenvalue weighted by atomic mass is 16.2. The van der Waals surface area contributed by atoms with Crippen LogP contribution in [0.4, 0.5) is 23.1 Å². The molecule has 0 unspecified atom stereocenters. The van der Waals surface area contributed by atoms with Crippen molar-refractivity contribution in [3.63, 3.8) is 0 Å². The topological polar surface area (TPSA) is 146 Å². The fourth-order valence-electron chi connectivity index (χ4n) is 3.67. The Morgan fingerprint density at radius 2 is 1.79 bits per heavy atom. The first-order valence-electron chi connectivity index (χ1n) is 13.9. The molecule has 0 spiro atoms. The largest absolute Gasteiger partial charge is 0.369 e. The number of carbonyl (C=O) groups is 3. The first-order chi connectivity index (χ1) is 20.6. The zero-order chi connectivity index (χ0) is 31.4. The minimum Gasteiger partial charge on any atom is -0.369 e. The van der Waals surface area contributed by atoms with Crippen LogP contribution < -0.4 is 21.7 Å². The molecule has 0 aliphatic heterocycles. The number of carbonyl (C=O) groups excluding carboxylic acids is 3. The zero-order valence-corrected chi connectivity index (χ0v) is 25.1. The number of likely N-dealkylation sites (N-methyl/N-ethyl adjacent to an activating group) is 2. The van der Waals surface area contributed by atoms with Crippen molar-refractivity contribution in [1.29, 1.82) is 0 Å². The smallest absolute Gasteiger partial charge is 0.248 e. The lowest BCUT2D eigenvalue weighted by Crippen LogP contribution is -2.42. The Labute approximate surface area is 252 Å². The lowest BCUT2D eigenvalue weighted by atomic mass is 10.1. The van der Waals surface area contributed by atoms with E-state index in [1.165, 1.54) is 11.0 Å². The van der Waals surface area contributed by atoms with Crippen molar-refractivity contribution in [3.8, 4) is 11.8 Å². The highest BCUT2D eigenvalue weighted by Gasteiger charge is 2.21. The summed E-state index contributed by atoms with van der Waals surface area (Å²) in [5.41, 5.74) is 8.28. The monoisotopic (exact) mass is 582 g/mol. The highest BCUT2D eigenvalue weighted by Crippen LogP contribution is 2.18. The molecule has 1 aromatic heterocycles. The van der Waals surface area contributed by atoms with Gasteiger partial charge in [0.1, 0.15) is 11.9 Å². The first kappa shape index (κ1) is 32.3. The number of nitrogens with two attached hydrogens (primary N) is 1. The average Bonchev–Trinajstić information content (AvgIpc) is 2.99. The van der Waals surface area contributed by atoms with E-state index in [-0.39, 0.29) is 11.8 Å². The van der Waals surface area contributed by atoms with E-state index in [1.54, 1.807) is 68.7 Å². The zero-order valence-electron chi connectivity index (χ0n) is 25.1. The van der Waals surface area contributed by atoms with Crippen molar-refractivity contribution in [3.05, 3.63) is 83.6 Å². The van der Waals surface area contributed by atoms with Gasteiger partial charge in [-0.15, -0.1) is 0 Å². The number of rotatable bonds is 12. The van der Waals surface area contributed by atoms with E-state index in [4.69, 9.17) is 5.73 Å². The summed E-state index contributed by atoms with van der Waals surface area (Å²) in [6.07, 6.45) is 5.75. The van der Waals surface area contributed by atoms with Crippen molar-refractivity contribution < 1.29 is 14.4 Å². The molecule has 0 aliphatic rings. The molecule has 11 heteroatoms. The number of nitrogens with one attached hydrogen (secondary N) is 3. The number of primary amides is 1. The van der Waals surface area contributed by atoms with Crippen molar-refractivity contribution in [2.45, 2.75) is 26.3 Å². The number of hydrogen-bond acceptors (Lipinski definition) is 8. The van der Waals surface area contributed by atoms with Gasteiger partial charge in [-0.25, -0.2) is 4.98 Å². The number of anilines is 4. The Balaban J connectivity index is 1.72. The molecule has 0 saturated heterocycles. The van der Waals surface area contributed by atoms with Crippen molar-refractivity contribution in [2.24, 2.45) is 5.73 Å². The molecular formula is C32H38N8O3. The second-order valence-corrected chi connectivity index (χ2v) is 10.1. The van der Waals surface area contributed by atoms with Crippen LogP contribution in [0.5, 0.6) is 0 Å². The van der Waals surface area contributed by atoms with Gasteiger partial charge in [-0.1, -0.05) is 30.9 Å². The van der Waals surface area contributed by atoms with Gasteiger partial charge in [0.05, 0.1) is 11.8 Å². The molecule has 0 fully saturated rings. The maximum absolute atomic E-state index is 12.9. The van der Waals surface area contributed by atoms with Crippen LogP contribution in [0.1, 0.15) is 41.8 Å². The van der Waals surface area contributed by atoms with Gasteiger partial charge in [0.25, 0.3) is 0 Å². The SMILES string of the molecule is CCCNc1nc(Nc2ccc(C(N)=O)cc2)ncc1C#Cc1cccc(NC(=O)[C@H](C)N(C)C(=O)/C=C/CN(C)C)c1. The molecule has 0 aliphatic carbocycles. The molecular weight excluding hydrogens is 544 g/mol. The van der Waals surface area contributed by atoms with Gasteiger partial charge in [-0.05, 0) is 69.9 Å². The number of aromatic nitrogens is 2. The molecule has 3 amide bonds. The lowest BCUT2D eigenvalue weighted by molar-refractivity contribution is -0.132. The highest BCUT2D eigenvalue weighted by molar-refractivity contribution is 5.98. The van der Waals surface area contributed by atoms with Crippen LogP contribution in [-0.4, -0.2) is 77.8 Å². The first-order valence-corrected chi connectivity index (χ1v) is 13.9. The Hall–Kier alpha value is -5.21.